The van der Waals surface area contributed by atoms with Crippen molar-refractivity contribution in [3.8, 4) is 0 Å². The minimum atomic E-state index is -3.48. The number of rotatable bonds is 8. The molecule has 5 nitrogen and oxygen atoms in total. The smallest absolute Gasteiger partial charge is 0.243 e. The molecule has 0 aliphatic carbocycles. The van der Waals surface area contributed by atoms with Crippen LogP contribution < -0.4 is 5.32 Å². The SMILES string of the molecule is CCCNc1cc(S(=O)(=O)N(C)C(C)CC(C)C)ccn1. The second kappa shape index (κ2) is 7.75. The maximum Gasteiger partial charge on any atom is 0.243 e. The van der Waals surface area contributed by atoms with E-state index < -0.39 is 10.0 Å². The summed E-state index contributed by atoms with van der Waals surface area (Å²) in [6, 6.07) is 3.12. The molecule has 0 spiro atoms. The van der Waals surface area contributed by atoms with Gasteiger partial charge in [-0.15, -0.1) is 0 Å². The first-order valence-corrected chi connectivity index (χ1v) is 8.91. The summed E-state index contributed by atoms with van der Waals surface area (Å²) in [5.74, 6) is 1.06. The predicted molar refractivity (Wildman–Crippen MR) is 86.9 cm³/mol. The van der Waals surface area contributed by atoms with Gasteiger partial charge >= 0.3 is 0 Å². The first-order valence-electron chi connectivity index (χ1n) is 7.47. The van der Waals surface area contributed by atoms with E-state index in [0.717, 1.165) is 19.4 Å². The monoisotopic (exact) mass is 313 g/mol. The molecule has 0 saturated heterocycles. The first kappa shape index (κ1) is 17.9. The van der Waals surface area contributed by atoms with Gasteiger partial charge in [-0.25, -0.2) is 13.4 Å². The van der Waals surface area contributed by atoms with Gasteiger partial charge in [-0.1, -0.05) is 20.8 Å². The van der Waals surface area contributed by atoms with E-state index in [9.17, 15) is 8.42 Å². The molecule has 21 heavy (non-hydrogen) atoms. The fraction of sp³-hybridized carbons (Fsp3) is 0.667. The maximum absolute atomic E-state index is 12.7. The summed E-state index contributed by atoms with van der Waals surface area (Å²) in [5.41, 5.74) is 0. The third kappa shape index (κ3) is 4.97. The lowest BCUT2D eigenvalue weighted by atomic mass is 10.1. The molecular weight excluding hydrogens is 286 g/mol. The lowest BCUT2D eigenvalue weighted by Crippen LogP contribution is -2.36. The van der Waals surface area contributed by atoms with E-state index in [-0.39, 0.29) is 10.9 Å². The lowest BCUT2D eigenvalue weighted by Gasteiger charge is -2.25. The van der Waals surface area contributed by atoms with Crippen LogP contribution in [0.5, 0.6) is 0 Å². The van der Waals surface area contributed by atoms with Gasteiger partial charge in [-0.3, -0.25) is 0 Å². The van der Waals surface area contributed by atoms with Crippen LogP contribution in [-0.4, -0.2) is 37.3 Å². The average Bonchev–Trinajstić information content (AvgIpc) is 2.43. The predicted octanol–water partition coefficient (Wildman–Crippen LogP) is 2.96. The highest BCUT2D eigenvalue weighted by molar-refractivity contribution is 7.89. The van der Waals surface area contributed by atoms with E-state index in [1.54, 1.807) is 19.2 Å². The molecule has 6 heteroatoms. The molecule has 0 aliphatic rings. The Balaban J connectivity index is 2.96. The number of pyridine rings is 1. The van der Waals surface area contributed by atoms with Gasteiger partial charge in [-0.05, 0) is 31.7 Å². The molecule has 120 valence electrons. The lowest BCUT2D eigenvalue weighted by molar-refractivity contribution is 0.338. The topological polar surface area (TPSA) is 62.3 Å². The summed E-state index contributed by atoms with van der Waals surface area (Å²) >= 11 is 0. The van der Waals surface area contributed by atoms with E-state index in [4.69, 9.17) is 0 Å². The van der Waals surface area contributed by atoms with Crippen LogP contribution in [0.25, 0.3) is 0 Å². The molecule has 1 aromatic heterocycles. The summed E-state index contributed by atoms with van der Waals surface area (Å²) in [6.45, 7) is 8.95. The standard InChI is InChI=1S/C15H27N3O2S/c1-6-8-16-15-11-14(7-9-17-15)21(19,20)18(5)13(4)10-12(2)3/h7,9,11-13H,6,8,10H2,1-5H3,(H,16,17). The molecule has 0 aromatic carbocycles. The van der Waals surface area contributed by atoms with Gasteiger partial charge in [0.15, 0.2) is 0 Å². The van der Waals surface area contributed by atoms with Gasteiger partial charge in [-0.2, -0.15) is 4.31 Å². The fourth-order valence-corrected chi connectivity index (χ4v) is 3.54. The van der Waals surface area contributed by atoms with Gasteiger partial charge in [0.25, 0.3) is 0 Å². The summed E-state index contributed by atoms with van der Waals surface area (Å²) in [6.07, 6.45) is 3.33. The molecule has 1 atom stereocenters. The number of aromatic nitrogens is 1. The third-order valence-electron chi connectivity index (χ3n) is 3.40. The van der Waals surface area contributed by atoms with Crippen LogP contribution in [0, 0.1) is 5.92 Å². The molecule has 1 heterocycles. The van der Waals surface area contributed by atoms with Gasteiger partial charge in [0, 0.05) is 31.9 Å². The molecule has 0 amide bonds. The van der Waals surface area contributed by atoms with Crippen LogP contribution in [0.4, 0.5) is 5.82 Å². The Bertz CT molecular complexity index is 544. The van der Waals surface area contributed by atoms with Crippen molar-refractivity contribution >= 4 is 15.8 Å². The molecule has 1 unspecified atom stereocenters. The van der Waals surface area contributed by atoms with Crippen LogP contribution in [0.15, 0.2) is 23.2 Å². The zero-order valence-electron chi connectivity index (χ0n) is 13.6. The van der Waals surface area contributed by atoms with Crippen molar-refractivity contribution in [2.45, 2.75) is 51.5 Å². The summed E-state index contributed by atoms with van der Waals surface area (Å²) in [5, 5.41) is 3.11. The van der Waals surface area contributed by atoms with E-state index >= 15 is 0 Å². The van der Waals surface area contributed by atoms with Crippen molar-refractivity contribution in [2.24, 2.45) is 5.92 Å². The van der Waals surface area contributed by atoms with Crippen LogP contribution in [0.1, 0.15) is 40.5 Å². The Morgan fingerprint density at radius 1 is 1.33 bits per heavy atom. The summed E-state index contributed by atoms with van der Waals surface area (Å²) in [7, 11) is -1.84. The normalized spacial score (nSPS) is 13.7. The molecule has 1 rings (SSSR count). The van der Waals surface area contributed by atoms with Gasteiger partial charge in [0.2, 0.25) is 10.0 Å². The van der Waals surface area contributed by atoms with Crippen LogP contribution in [0.2, 0.25) is 0 Å². The number of hydrogen-bond donors (Lipinski definition) is 1. The van der Waals surface area contributed by atoms with Crippen LogP contribution >= 0.6 is 0 Å². The molecule has 1 aromatic rings. The maximum atomic E-state index is 12.7. The van der Waals surface area contributed by atoms with Gasteiger partial charge in [0.05, 0.1) is 4.90 Å². The van der Waals surface area contributed by atoms with Crippen molar-refractivity contribution < 1.29 is 8.42 Å². The highest BCUT2D eigenvalue weighted by Gasteiger charge is 2.26. The quantitative estimate of drug-likeness (QED) is 0.801. The van der Waals surface area contributed by atoms with E-state index in [0.29, 0.717) is 11.7 Å². The molecular formula is C15H27N3O2S. The molecule has 0 bridgehead atoms. The Morgan fingerprint density at radius 2 is 2.00 bits per heavy atom. The van der Waals surface area contributed by atoms with Crippen molar-refractivity contribution in [1.82, 2.24) is 9.29 Å². The highest BCUT2D eigenvalue weighted by Crippen LogP contribution is 2.21. The Morgan fingerprint density at radius 3 is 2.57 bits per heavy atom. The fourth-order valence-electron chi connectivity index (χ4n) is 2.16. The zero-order valence-corrected chi connectivity index (χ0v) is 14.4. The molecule has 0 fully saturated rings. The number of nitrogens with zero attached hydrogens (tertiary/aromatic N) is 2. The molecule has 0 aliphatic heterocycles. The second-order valence-corrected chi connectivity index (χ2v) is 7.80. The van der Waals surface area contributed by atoms with Gasteiger partial charge < -0.3 is 5.32 Å². The Hall–Kier alpha value is -1.14. The minimum Gasteiger partial charge on any atom is -0.370 e. The van der Waals surface area contributed by atoms with Crippen molar-refractivity contribution in [3.05, 3.63) is 18.3 Å². The Kier molecular flexibility index (Phi) is 6.61. The molecule has 0 saturated carbocycles. The Labute approximate surface area is 128 Å². The van der Waals surface area contributed by atoms with Crippen molar-refractivity contribution in [1.29, 1.82) is 0 Å². The number of sulfonamides is 1. The van der Waals surface area contributed by atoms with Crippen molar-refractivity contribution in [3.63, 3.8) is 0 Å². The number of hydrogen-bond acceptors (Lipinski definition) is 4. The largest absolute Gasteiger partial charge is 0.370 e. The summed E-state index contributed by atoms with van der Waals surface area (Å²) in [4.78, 5) is 4.44. The van der Waals surface area contributed by atoms with Crippen LogP contribution in [0.3, 0.4) is 0 Å². The van der Waals surface area contributed by atoms with E-state index in [2.05, 4.69) is 31.1 Å². The average molecular weight is 313 g/mol. The third-order valence-corrected chi connectivity index (χ3v) is 5.37. The second-order valence-electron chi connectivity index (χ2n) is 5.80. The van der Waals surface area contributed by atoms with Gasteiger partial charge in [0.1, 0.15) is 5.82 Å². The highest BCUT2D eigenvalue weighted by atomic mass is 32.2. The van der Waals surface area contributed by atoms with Crippen molar-refractivity contribution in [2.75, 3.05) is 18.9 Å². The van der Waals surface area contributed by atoms with E-state index in [1.807, 2.05) is 6.92 Å². The molecule has 0 radical (unpaired) electrons. The van der Waals surface area contributed by atoms with E-state index in [1.165, 1.54) is 10.5 Å². The minimum absolute atomic E-state index is 0.0322. The summed E-state index contributed by atoms with van der Waals surface area (Å²) < 4.78 is 26.8. The number of anilines is 1. The van der Waals surface area contributed by atoms with Crippen LogP contribution in [-0.2, 0) is 10.0 Å². The number of nitrogens with one attached hydrogen (secondary N) is 1. The molecule has 1 N–H and O–H groups in total. The zero-order chi connectivity index (χ0) is 16.0. The first-order chi connectivity index (χ1) is 9.78.